The highest BCUT2D eigenvalue weighted by Gasteiger charge is 2.00. The van der Waals surface area contributed by atoms with Crippen molar-refractivity contribution in [1.29, 1.82) is 0 Å². The molecular formula is C12H15BrN4O. The fraction of sp³-hybridized carbons (Fsp3) is 0.333. The highest BCUT2D eigenvalue weighted by atomic mass is 79.9. The third-order valence-electron chi connectivity index (χ3n) is 2.37. The second-order valence-corrected chi connectivity index (χ2v) is 4.73. The summed E-state index contributed by atoms with van der Waals surface area (Å²) < 4.78 is 8.39. The lowest BCUT2D eigenvalue weighted by Crippen LogP contribution is -2.08. The van der Waals surface area contributed by atoms with E-state index in [0.717, 1.165) is 22.3 Å². The predicted molar refractivity (Wildman–Crippen MR) is 72.4 cm³/mol. The lowest BCUT2D eigenvalue weighted by atomic mass is 10.3. The van der Waals surface area contributed by atoms with Crippen LogP contribution in [0.5, 0.6) is 5.75 Å². The third-order valence-corrected chi connectivity index (χ3v) is 2.87. The van der Waals surface area contributed by atoms with E-state index in [4.69, 9.17) is 10.5 Å². The van der Waals surface area contributed by atoms with Gasteiger partial charge in [-0.3, -0.25) is 0 Å². The Balaban J connectivity index is 1.81. The molecule has 0 saturated carbocycles. The Hall–Kier alpha value is -1.40. The molecule has 0 amide bonds. The van der Waals surface area contributed by atoms with Gasteiger partial charge in [-0.05, 0) is 24.7 Å². The molecule has 1 aromatic carbocycles. The van der Waals surface area contributed by atoms with Crippen LogP contribution in [0.1, 0.15) is 5.69 Å². The summed E-state index contributed by atoms with van der Waals surface area (Å²) in [5, 5.41) is 8.02. The van der Waals surface area contributed by atoms with E-state index >= 15 is 0 Å². The molecule has 0 fully saturated rings. The molecule has 0 saturated heterocycles. The zero-order valence-corrected chi connectivity index (χ0v) is 11.5. The van der Waals surface area contributed by atoms with Gasteiger partial charge in [0.15, 0.2) is 0 Å². The quantitative estimate of drug-likeness (QED) is 0.880. The molecule has 5 nitrogen and oxygen atoms in total. The summed E-state index contributed by atoms with van der Waals surface area (Å²) in [6, 6.07) is 7.75. The fourth-order valence-corrected chi connectivity index (χ4v) is 1.90. The maximum absolute atomic E-state index is 5.62. The van der Waals surface area contributed by atoms with Gasteiger partial charge in [-0.1, -0.05) is 27.2 Å². The molecule has 0 bridgehead atoms. The van der Waals surface area contributed by atoms with Crippen molar-refractivity contribution in [3.63, 3.8) is 0 Å². The number of hydrogen-bond donors (Lipinski definition) is 1. The van der Waals surface area contributed by atoms with Crippen LogP contribution in [0.3, 0.4) is 0 Å². The van der Waals surface area contributed by atoms with E-state index in [9.17, 15) is 0 Å². The first kappa shape index (κ1) is 13.0. The molecule has 2 rings (SSSR count). The second kappa shape index (κ2) is 6.51. The number of benzene rings is 1. The van der Waals surface area contributed by atoms with Gasteiger partial charge in [-0.15, -0.1) is 5.10 Å². The van der Waals surface area contributed by atoms with Crippen LogP contribution in [0, 0.1) is 0 Å². The van der Waals surface area contributed by atoms with E-state index in [1.54, 1.807) is 4.68 Å². The first-order valence-corrected chi connectivity index (χ1v) is 6.54. The van der Waals surface area contributed by atoms with Crippen molar-refractivity contribution >= 4 is 15.9 Å². The molecule has 2 N–H and O–H groups in total. The Morgan fingerprint density at radius 1 is 1.39 bits per heavy atom. The molecule has 18 heavy (non-hydrogen) atoms. The topological polar surface area (TPSA) is 66.0 Å². The van der Waals surface area contributed by atoms with Gasteiger partial charge < -0.3 is 10.5 Å². The molecule has 0 atom stereocenters. The summed E-state index contributed by atoms with van der Waals surface area (Å²) in [4.78, 5) is 0. The van der Waals surface area contributed by atoms with E-state index in [0.29, 0.717) is 19.7 Å². The highest BCUT2D eigenvalue weighted by Crippen LogP contribution is 2.17. The Morgan fingerprint density at radius 3 is 3.06 bits per heavy atom. The van der Waals surface area contributed by atoms with E-state index in [-0.39, 0.29) is 0 Å². The number of nitrogens with zero attached hydrogens (tertiary/aromatic N) is 3. The lowest BCUT2D eigenvalue weighted by molar-refractivity contribution is 0.289. The molecular weight excluding hydrogens is 296 g/mol. The molecule has 0 radical (unpaired) electrons. The monoisotopic (exact) mass is 310 g/mol. The summed E-state index contributed by atoms with van der Waals surface area (Å²) in [5.41, 5.74) is 6.37. The summed E-state index contributed by atoms with van der Waals surface area (Å²) in [5.74, 6) is 0.840. The minimum absolute atomic E-state index is 0.557. The molecule has 2 aromatic rings. The average molecular weight is 311 g/mol. The van der Waals surface area contributed by atoms with Crippen LogP contribution in [0.15, 0.2) is 34.9 Å². The van der Waals surface area contributed by atoms with Gasteiger partial charge in [-0.2, -0.15) is 0 Å². The second-order valence-electron chi connectivity index (χ2n) is 3.82. The van der Waals surface area contributed by atoms with E-state index in [1.807, 2.05) is 30.5 Å². The van der Waals surface area contributed by atoms with Crippen LogP contribution >= 0.6 is 15.9 Å². The zero-order chi connectivity index (χ0) is 12.8. The molecule has 96 valence electrons. The Morgan fingerprint density at radius 2 is 2.28 bits per heavy atom. The highest BCUT2D eigenvalue weighted by molar-refractivity contribution is 9.10. The maximum Gasteiger partial charge on any atom is 0.120 e. The number of aromatic nitrogens is 3. The predicted octanol–water partition coefficient (Wildman–Crippen LogP) is 1.62. The van der Waals surface area contributed by atoms with E-state index < -0.39 is 0 Å². The minimum Gasteiger partial charge on any atom is -0.492 e. The molecule has 0 spiro atoms. The number of ether oxygens (including phenoxy) is 1. The van der Waals surface area contributed by atoms with Crippen molar-refractivity contribution in [2.24, 2.45) is 5.73 Å². The van der Waals surface area contributed by atoms with Crippen LogP contribution in [0.2, 0.25) is 0 Å². The minimum atomic E-state index is 0.557. The lowest BCUT2D eigenvalue weighted by Gasteiger charge is -2.05. The Kier molecular flexibility index (Phi) is 4.72. The zero-order valence-electron chi connectivity index (χ0n) is 9.92. The standard InChI is InChI=1S/C12H15BrN4O/c13-10-2-1-3-12(8-10)18-7-6-17-9-11(4-5-14)15-16-17/h1-3,8-9H,4-7,14H2. The van der Waals surface area contributed by atoms with Gasteiger partial charge >= 0.3 is 0 Å². The smallest absolute Gasteiger partial charge is 0.120 e. The maximum atomic E-state index is 5.62. The number of rotatable bonds is 6. The first-order chi connectivity index (χ1) is 8.78. The number of hydrogen-bond acceptors (Lipinski definition) is 4. The molecule has 6 heteroatoms. The van der Waals surface area contributed by atoms with Gasteiger partial charge in [0, 0.05) is 17.1 Å². The Bertz CT molecular complexity index is 500. The van der Waals surface area contributed by atoms with Gasteiger partial charge in [-0.25, -0.2) is 4.68 Å². The average Bonchev–Trinajstić information content (AvgIpc) is 2.78. The van der Waals surface area contributed by atoms with Crippen LogP contribution in [0.25, 0.3) is 0 Å². The van der Waals surface area contributed by atoms with Gasteiger partial charge in [0.25, 0.3) is 0 Å². The van der Waals surface area contributed by atoms with E-state index in [1.165, 1.54) is 0 Å². The summed E-state index contributed by atoms with van der Waals surface area (Å²) in [7, 11) is 0. The van der Waals surface area contributed by atoms with Crippen molar-refractivity contribution in [1.82, 2.24) is 15.0 Å². The summed E-state index contributed by atoms with van der Waals surface area (Å²) in [6.07, 6.45) is 2.66. The van der Waals surface area contributed by atoms with Crippen molar-refractivity contribution in [3.8, 4) is 5.75 Å². The Labute approximate surface area is 114 Å². The van der Waals surface area contributed by atoms with Crippen molar-refractivity contribution in [3.05, 3.63) is 40.6 Å². The van der Waals surface area contributed by atoms with Crippen molar-refractivity contribution in [2.75, 3.05) is 13.2 Å². The fourth-order valence-electron chi connectivity index (χ4n) is 1.52. The van der Waals surface area contributed by atoms with Crippen LogP contribution in [-0.2, 0) is 13.0 Å². The van der Waals surface area contributed by atoms with Crippen molar-refractivity contribution in [2.45, 2.75) is 13.0 Å². The molecule has 0 aliphatic rings. The largest absolute Gasteiger partial charge is 0.492 e. The van der Waals surface area contributed by atoms with Gasteiger partial charge in [0.2, 0.25) is 0 Å². The first-order valence-electron chi connectivity index (χ1n) is 5.75. The third kappa shape index (κ3) is 3.82. The normalized spacial score (nSPS) is 10.6. The van der Waals surface area contributed by atoms with Crippen LogP contribution in [-0.4, -0.2) is 28.1 Å². The molecule has 1 aromatic heterocycles. The van der Waals surface area contributed by atoms with E-state index in [2.05, 4.69) is 26.2 Å². The molecule has 1 heterocycles. The SMILES string of the molecule is NCCc1cn(CCOc2cccc(Br)c2)nn1. The van der Waals surface area contributed by atoms with Crippen LogP contribution in [0.4, 0.5) is 0 Å². The molecule has 0 aliphatic heterocycles. The van der Waals surface area contributed by atoms with Gasteiger partial charge in [0.05, 0.1) is 12.2 Å². The number of halogens is 1. The number of nitrogens with two attached hydrogens (primary N) is 1. The summed E-state index contributed by atoms with van der Waals surface area (Å²) in [6.45, 7) is 1.82. The molecule has 0 aliphatic carbocycles. The van der Waals surface area contributed by atoms with Crippen molar-refractivity contribution < 1.29 is 4.74 Å². The summed E-state index contributed by atoms with van der Waals surface area (Å²) >= 11 is 3.40. The van der Waals surface area contributed by atoms with Gasteiger partial charge in [0.1, 0.15) is 12.4 Å². The molecule has 0 unspecified atom stereocenters. The van der Waals surface area contributed by atoms with Crippen LogP contribution < -0.4 is 10.5 Å².